The lowest BCUT2D eigenvalue weighted by Gasteiger charge is -2.24. The van der Waals surface area contributed by atoms with Gasteiger partial charge < -0.3 is 19.9 Å². The van der Waals surface area contributed by atoms with E-state index in [0.29, 0.717) is 19.8 Å². The maximum atomic E-state index is 6.24. The van der Waals surface area contributed by atoms with E-state index < -0.39 is 0 Å². The largest absolute Gasteiger partial charge is 0.486 e. The van der Waals surface area contributed by atoms with Gasteiger partial charge in [-0.15, -0.1) is 0 Å². The highest BCUT2D eigenvalue weighted by Gasteiger charge is 2.40. The van der Waals surface area contributed by atoms with E-state index in [1.54, 1.807) is 7.11 Å². The van der Waals surface area contributed by atoms with Crippen molar-refractivity contribution in [3.05, 3.63) is 23.3 Å². The van der Waals surface area contributed by atoms with Gasteiger partial charge in [-0.25, -0.2) is 0 Å². The Hall–Kier alpha value is -1.26. The van der Waals surface area contributed by atoms with Crippen molar-refractivity contribution in [3.63, 3.8) is 0 Å². The molecule has 1 heterocycles. The Kier molecular flexibility index (Phi) is 2.92. The zero-order valence-corrected chi connectivity index (χ0v) is 10.7. The first-order chi connectivity index (χ1) is 8.72. The average Bonchev–Trinajstić information content (AvgIpc) is 3.10. The van der Waals surface area contributed by atoms with Crippen LogP contribution in [0, 0.1) is 0 Å². The molecule has 0 atom stereocenters. The Morgan fingerprint density at radius 2 is 2.06 bits per heavy atom. The summed E-state index contributed by atoms with van der Waals surface area (Å²) >= 11 is 0. The molecule has 1 aromatic carbocycles. The zero-order chi connectivity index (χ0) is 12.6. The first kappa shape index (κ1) is 11.8. The highest BCUT2D eigenvalue weighted by molar-refractivity contribution is 5.52. The number of ether oxygens (including phenoxy) is 3. The third-order valence-corrected chi connectivity index (χ3v) is 3.63. The summed E-state index contributed by atoms with van der Waals surface area (Å²) in [5.41, 5.74) is 8.51. The minimum Gasteiger partial charge on any atom is -0.486 e. The van der Waals surface area contributed by atoms with Gasteiger partial charge in [-0.1, -0.05) is 6.07 Å². The molecule has 0 aromatic heterocycles. The van der Waals surface area contributed by atoms with Crippen molar-refractivity contribution in [1.29, 1.82) is 0 Å². The number of rotatable bonds is 4. The Labute approximate surface area is 107 Å². The minimum atomic E-state index is -0.0432. The molecule has 3 rings (SSSR count). The van der Waals surface area contributed by atoms with E-state index in [4.69, 9.17) is 19.9 Å². The Balaban J connectivity index is 1.99. The Morgan fingerprint density at radius 3 is 2.78 bits per heavy atom. The van der Waals surface area contributed by atoms with Gasteiger partial charge in [0.25, 0.3) is 0 Å². The van der Waals surface area contributed by atoms with E-state index in [0.717, 1.165) is 41.9 Å². The Bertz CT molecular complexity index is 455. The van der Waals surface area contributed by atoms with Gasteiger partial charge in [-0.3, -0.25) is 0 Å². The van der Waals surface area contributed by atoms with Crippen LogP contribution in [-0.4, -0.2) is 25.9 Å². The second-order valence-corrected chi connectivity index (χ2v) is 5.20. The molecule has 0 saturated heterocycles. The third-order valence-electron chi connectivity index (χ3n) is 3.63. The number of hydrogen-bond acceptors (Lipinski definition) is 4. The molecule has 2 N–H and O–H groups in total. The SMILES string of the molecule is COCc1ccc2c(c1CC1(N)CC1)OCCO2. The normalized spacial score (nSPS) is 19.7. The third kappa shape index (κ3) is 2.18. The summed E-state index contributed by atoms with van der Waals surface area (Å²) in [7, 11) is 1.70. The quantitative estimate of drug-likeness (QED) is 0.881. The first-order valence-electron chi connectivity index (χ1n) is 6.40. The molecule has 4 nitrogen and oxygen atoms in total. The number of hydrogen-bond donors (Lipinski definition) is 1. The smallest absolute Gasteiger partial charge is 0.164 e. The predicted octanol–water partition coefficient (Wildman–Crippen LogP) is 1.64. The molecular formula is C14H19NO3. The number of benzene rings is 1. The van der Waals surface area contributed by atoms with Crippen molar-refractivity contribution >= 4 is 0 Å². The van der Waals surface area contributed by atoms with Crippen LogP contribution in [0.3, 0.4) is 0 Å². The summed E-state index contributed by atoms with van der Waals surface area (Å²) in [6.45, 7) is 1.81. The molecule has 1 aromatic rings. The first-order valence-corrected chi connectivity index (χ1v) is 6.40. The van der Waals surface area contributed by atoms with Gasteiger partial charge in [0.2, 0.25) is 0 Å². The monoisotopic (exact) mass is 249 g/mol. The van der Waals surface area contributed by atoms with Gasteiger partial charge in [0.15, 0.2) is 11.5 Å². The summed E-state index contributed by atoms with van der Waals surface area (Å²) in [5, 5.41) is 0. The molecule has 18 heavy (non-hydrogen) atoms. The topological polar surface area (TPSA) is 53.7 Å². The van der Waals surface area contributed by atoms with Crippen LogP contribution in [0.25, 0.3) is 0 Å². The van der Waals surface area contributed by atoms with E-state index in [1.807, 2.05) is 6.07 Å². The van der Waals surface area contributed by atoms with Crippen molar-refractivity contribution in [1.82, 2.24) is 0 Å². The maximum Gasteiger partial charge on any atom is 0.164 e. The van der Waals surface area contributed by atoms with Crippen LogP contribution in [-0.2, 0) is 17.8 Å². The number of nitrogens with two attached hydrogens (primary N) is 1. The van der Waals surface area contributed by atoms with E-state index in [1.165, 1.54) is 0 Å². The fourth-order valence-corrected chi connectivity index (χ4v) is 2.39. The summed E-state index contributed by atoms with van der Waals surface area (Å²) in [6, 6.07) is 4.01. The molecule has 0 unspecified atom stereocenters. The molecule has 1 fully saturated rings. The van der Waals surface area contributed by atoms with E-state index in [9.17, 15) is 0 Å². The summed E-state index contributed by atoms with van der Waals surface area (Å²) in [5.74, 6) is 1.70. The van der Waals surface area contributed by atoms with Crippen LogP contribution in [0.15, 0.2) is 12.1 Å². The maximum absolute atomic E-state index is 6.24. The minimum absolute atomic E-state index is 0.0432. The van der Waals surface area contributed by atoms with Crippen molar-refractivity contribution in [2.75, 3.05) is 20.3 Å². The van der Waals surface area contributed by atoms with E-state index >= 15 is 0 Å². The standard InChI is InChI=1S/C14H19NO3/c1-16-9-10-2-3-12-13(18-7-6-17-12)11(10)8-14(15)4-5-14/h2-3H,4-9,15H2,1H3. The van der Waals surface area contributed by atoms with E-state index in [-0.39, 0.29) is 5.54 Å². The number of fused-ring (bicyclic) bond motifs is 1. The van der Waals surface area contributed by atoms with Crippen molar-refractivity contribution in [3.8, 4) is 11.5 Å². The highest BCUT2D eigenvalue weighted by atomic mass is 16.6. The second-order valence-electron chi connectivity index (χ2n) is 5.20. The van der Waals surface area contributed by atoms with Crippen molar-refractivity contribution in [2.45, 2.75) is 31.4 Å². The van der Waals surface area contributed by atoms with Gasteiger partial charge in [0.05, 0.1) is 6.61 Å². The fourth-order valence-electron chi connectivity index (χ4n) is 2.39. The van der Waals surface area contributed by atoms with Gasteiger partial charge >= 0.3 is 0 Å². The van der Waals surface area contributed by atoms with Gasteiger partial charge in [-0.05, 0) is 30.9 Å². The van der Waals surface area contributed by atoms with Crippen molar-refractivity contribution < 1.29 is 14.2 Å². The summed E-state index contributed by atoms with van der Waals surface area (Å²) in [4.78, 5) is 0. The lowest BCUT2D eigenvalue weighted by molar-refractivity contribution is 0.165. The van der Waals surface area contributed by atoms with Crippen LogP contribution in [0.2, 0.25) is 0 Å². The highest BCUT2D eigenvalue weighted by Crippen LogP contribution is 2.43. The average molecular weight is 249 g/mol. The predicted molar refractivity (Wildman–Crippen MR) is 68.0 cm³/mol. The van der Waals surface area contributed by atoms with Crippen LogP contribution in [0.4, 0.5) is 0 Å². The van der Waals surface area contributed by atoms with Gasteiger partial charge in [0.1, 0.15) is 13.2 Å². The second kappa shape index (κ2) is 4.44. The zero-order valence-electron chi connectivity index (χ0n) is 10.7. The Morgan fingerprint density at radius 1 is 1.28 bits per heavy atom. The van der Waals surface area contributed by atoms with Crippen LogP contribution >= 0.6 is 0 Å². The molecular weight excluding hydrogens is 230 g/mol. The molecule has 0 bridgehead atoms. The molecule has 0 radical (unpaired) electrons. The van der Waals surface area contributed by atoms with Crippen LogP contribution in [0.5, 0.6) is 11.5 Å². The van der Waals surface area contributed by atoms with Crippen LogP contribution in [0.1, 0.15) is 24.0 Å². The molecule has 1 aliphatic heterocycles. The van der Waals surface area contributed by atoms with Gasteiger partial charge in [0, 0.05) is 18.2 Å². The lowest BCUT2D eigenvalue weighted by atomic mass is 9.97. The molecule has 0 amide bonds. The molecule has 0 spiro atoms. The summed E-state index contributed by atoms with van der Waals surface area (Å²) in [6.07, 6.45) is 3.02. The summed E-state index contributed by atoms with van der Waals surface area (Å²) < 4.78 is 16.7. The molecule has 98 valence electrons. The van der Waals surface area contributed by atoms with Crippen molar-refractivity contribution in [2.24, 2.45) is 5.73 Å². The number of methoxy groups -OCH3 is 1. The molecule has 1 saturated carbocycles. The van der Waals surface area contributed by atoms with E-state index in [2.05, 4.69) is 6.07 Å². The van der Waals surface area contributed by atoms with Crippen LogP contribution < -0.4 is 15.2 Å². The molecule has 4 heteroatoms. The molecule has 1 aliphatic carbocycles. The molecule has 2 aliphatic rings. The fraction of sp³-hybridized carbons (Fsp3) is 0.571. The van der Waals surface area contributed by atoms with Gasteiger partial charge in [-0.2, -0.15) is 0 Å². The lowest BCUT2D eigenvalue weighted by Crippen LogP contribution is -2.27.